The van der Waals surface area contributed by atoms with E-state index < -0.39 is 5.97 Å². The minimum Gasteiger partial charge on any atom is -0.481 e. The van der Waals surface area contributed by atoms with Crippen LogP contribution in [0.25, 0.3) is 0 Å². The zero-order valence-corrected chi connectivity index (χ0v) is 13.5. The molecule has 0 aromatic heterocycles. The molecule has 1 amide bonds. The molecule has 1 aliphatic carbocycles. The lowest BCUT2D eigenvalue weighted by atomic mass is 9.93. The Morgan fingerprint density at radius 2 is 2.00 bits per heavy atom. The molecule has 124 valence electrons. The van der Waals surface area contributed by atoms with E-state index in [0.29, 0.717) is 19.6 Å². The number of carboxylic acid groups (broad SMARTS) is 1. The van der Waals surface area contributed by atoms with E-state index >= 15 is 0 Å². The molecule has 1 aromatic carbocycles. The molecule has 5 nitrogen and oxygen atoms in total. The topological polar surface area (TPSA) is 69.6 Å². The molecule has 1 aliphatic heterocycles. The maximum atomic E-state index is 13.1. The number of carbonyl (C=O) groups excluding carboxylic acids is 1. The van der Waals surface area contributed by atoms with Gasteiger partial charge in [-0.25, -0.2) is 0 Å². The van der Waals surface area contributed by atoms with E-state index in [0.717, 1.165) is 24.9 Å². The lowest BCUT2D eigenvalue weighted by molar-refractivity contribution is -0.140. The molecule has 2 aliphatic rings. The Bertz CT molecular complexity index is 593. The van der Waals surface area contributed by atoms with Gasteiger partial charge >= 0.3 is 5.97 Å². The maximum absolute atomic E-state index is 13.1. The Labute approximate surface area is 136 Å². The molecule has 5 heteroatoms. The van der Waals surface area contributed by atoms with Crippen LogP contribution in [0, 0.1) is 12.8 Å². The third-order valence-corrected chi connectivity index (χ3v) is 4.98. The molecule has 1 saturated heterocycles. The molecule has 23 heavy (non-hydrogen) atoms. The van der Waals surface area contributed by atoms with Gasteiger partial charge in [0.25, 0.3) is 0 Å². The predicted molar refractivity (Wildman–Crippen MR) is 87.3 cm³/mol. The quantitative estimate of drug-likeness (QED) is 0.884. The number of nitrogens with one attached hydrogen (secondary N) is 1. The van der Waals surface area contributed by atoms with Crippen molar-refractivity contribution in [2.24, 2.45) is 5.92 Å². The van der Waals surface area contributed by atoms with Gasteiger partial charge < -0.3 is 15.3 Å². The second kappa shape index (κ2) is 6.32. The van der Waals surface area contributed by atoms with Crippen molar-refractivity contribution < 1.29 is 14.7 Å². The Balaban J connectivity index is 1.75. The van der Waals surface area contributed by atoms with Gasteiger partial charge in [-0.2, -0.15) is 0 Å². The number of hydrogen-bond acceptors (Lipinski definition) is 3. The fourth-order valence-corrected chi connectivity index (χ4v) is 3.48. The van der Waals surface area contributed by atoms with Crippen LogP contribution in [0.15, 0.2) is 24.3 Å². The van der Waals surface area contributed by atoms with Gasteiger partial charge in [-0.15, -0.1) is 0 Å². The summed E-state index contributed by atoms with van der Waals surface area (Å²) in [5.41, 5.74) is 1.92. The van der Waals surface area contributed by atoms with Gasteiger partial charge in [0.2, 0.25) is 5.91 Å². The average molecular weight is 316 g/mol. The van der Waals surface area contributed by atoms with Gasteiger partial charge in [0.1, 0.15) is 0 Å². The van der Waals surface area contributed by atoms with E-state index in [2.05, 4.69) is 29.6 Å². The lowest BCUT2D eigenvalue weighted by Crippen LogP contribution is -2.42. The highest BCUT2D eigenvalue weighted by molar-refractivity contribution is 5.91. The van der Waals surface area contributed by atoms with E-state index in [4.69, 9.17) is 5.11 Å². The summed E-state index contributed by atoms with van der Waals surface area (Å²) in [6, 6.07) is 8.23. The van der Waals surface area contributed by atoms with Crippen molar-refractivity contribution in [1.29, 1.82) is 0 Å². The zero-order valence-electron chi connectivity index (χ0n) is 13.5. The molecule has 2 fully saturated rings. The fraction of sp³-hybridized carbons (Fsp3) is 0.556. The maximum Gasteiger partial charge on any atom is 0.303 e. The van der Waals surface area contributed by atoms with E-state index in [1.165, 1.54) is 5.56 Å². The number of hydrogen-bond donors (Lipinski definition) is 2. The van der Waals surface area contributed by atoms with Crippen LogP contribution in [0.4, 0.5) is 0 Å². The first-order valence-electron chi connectivity index (χ1n) is 8.30. The lowest BCUT2D eigenvalue weighted by Gasteiger charge is -2.28. The number of aryl methyl sites for hydroxylation is 1. The Morgan fingerprint density at radius 1 is 1.30 bits per heavy atom. The largest absolute Gasteiger partial charge is 0.481 e. The summed E-state index contributed by atoms with van der Waals surface area (Å²) in [6.45, 7) is 4.62. The van der Waals surface area contributed by atoms with Crippen LogP contribution in [-0.2, 0) is 15.0 Å². The van der Waals surface area contributed by atoms with Crippen LogP contribution in [0.1, 0.15) is 30.4 Å². The summed E-state index contributed by atoms with van der Waals surface area (Å²) in [6.07, 6.45) is 1.89. The van der Waals surface area contributed by atoms with Gasteiger partial charge in [0.15, 0.2) is 0 Å². The molecular formula is C18H24N2O3. The van der Waals surface area contributed by atoms with E-state index in [1.807, 2.05) is 11.8 Å². The van der Waals surface area contributed by atoms with Gasteiger partial charge in [0, 0.05) is 26.2 Å². The van der Waals surface area contributed by atoms with Crippen LogP contribution >= 0.6 is 0 Å². The summed E-state index contributed by atoms with van der Waals surface area (Å²) >= 11 is 0. The van der Waals surface area contributed by atoms with Crippen molar-refractivity contribution in [1.82, 2.24) is 10.2 Å². The van der Waals surface area contributed by atoms with E-state index in [1.54, 1.807) is 0 Å². The number of amides is 1. The van der Waals surface area contributed by atoms with Gasteiger partial charge in [0.05, 0.1) is 11.8 Å². The highest BCUT2D eigenvalue weighted by atomic mass is 16.4. The van der Waals surface area contributed by atoms with Gasteiger partial charge in [-0.05, 0) is 31.2 Å². The first-order valence-corrected chi connectivity index (χ1v) is 8.30. The summed E-state index contributed by atoms with van der Waals surface area (Å²) in [4.78, 5) is 26.0. The van der Waals surface area contributed by atoms with Crippen LogP contribution in [-0.4, -0.2) is 48.1 Å². The van der Waals surface area contributed by atoms with Crippen molar-refractivity contribution in [2.45, 2.75) is 31.6 Å². The Kier molecular flexibility index (Phi) is 4.39. The number of aliphatic carboxylic acids is 1. The predicted octanol–water partition coefficient (Wildman–Crippen LogP) is 1.55. The molecule has 0 radical (unpaired) electrons. The monoisotopic (exact) mass is 316 g/mol. The molecule has 1 atom stereocenters. The molecule has 1 heterocycles. The summed E-state index contributed by atoms with van der Waals surface area (Å²) < 4.78 is 0. The molecular weight excluding hydrogens is 292 g/mol. The highest BCUT2D eigenvalue weighted by Crippen LogP contribution is 2.49. The summed E-state index contributed by atoms with van der Waals surface area (Å²) in [5.74, 6) is -0.654. The number of carbonyl (C=O) groups is 2. The number of rotatable bonds is 4. The third kappa shape index (κ3) is 3.39. The first-order chi connectivity index (χ1) is 11.0. The molecule has 1 saturated carbocycles. The molecule has 3 rings (SSSR count). The van der Waals surface area contributed by atoms with Crippen LogP contribution in [0.2, 0.25) is 0 Å². The Hall–Kier alpha value is -1.88. The van der Waals surface area contributed by atoms with E-state index in [9.17, 15) is 9.59 Å². The molecule has 1 unspecified atom stereocenters. The zero-order chi connectivity index (χ0) is 16.4. The van der Waals surface area contributed by atoms with Gasteiger partial charge in [-0.3, -0.25) is 9.59 Å². The van der Waals surface area contributed by atoms with Crippen molar-refractivity contribution in [3.8, 4) is 0 Å². The second-order valence-electron chi connectivity index (χ2n) is 6.87. The minimum atomic E-state index is -0.800. The molecule has 0 bridgehead atoms. The number of carboxylic acids is 1. The SMILES string of the molecule is Cc1ccc(C2(C(=O)N3CCNCC(CC(=O)O)C3)CC2)cc1. The van der Waals surface area contributed by atoms with Crippen LogP contribution in [0.5, 0.6) is 0 Å². The minimum absolute atomic E-state index is 0.0206. The average Bonchev–Trinajstić information content (AvgIpc) is 3.32. The molecule has 0 spiro atoms. The standard InChI is InChI=1S/C18H24N2O3/c1-13-2-4-15(5-3-13)18(6-7-18)17(23)20-9-8-19-11-14(12-20)10-16(21)22/h2-5,14,19H,6-12H2,1H3,(H,21,22). The van der Waals surface area contributed by atoms with Crippen molar-refractivity contribution >= 4 is 11.9 Å². The first kappa shape index (κ1) is 16.0. The molecule has 2 N–H and O–H groups in total. The normalized spacial score (nSPS) is 23.2. The summed E-state index contributed by atoms with van der Waals surface area (Å²) in [7, 11) is 0. The number of benzene rings is 1. The van der Waals surface area contributed by atoms with Crippen molar-refractivity contribution in [3.05, 3.63) is 35.4 Å². The van der Waals surface area contributed by atoms with Crippen molar-refractivity contribution in [3.63, 3.8) is 0 Å². The fourth-order valence-electron chi connectivity index (χ4n) is 3.48. The van der Waals surface area contributed by atoms with Crippen molar-refractivity contribution in [2.75, 3.05) is 26.2 Å². The summed E-state index contributed by atoms with van der Waals surface area (Å²) in [5, 5.41) is 12.3. The number of nitrogens with zero attached hydrogens (tertiary/aromatic N) is 1. The third-order valence-electron chi connectivity index (χ3n) is 4.98. The van der Waals surface area contributed by atoms with Crippen LogP contribution < -0.4 is 5.32 Å². The Morgan fingerprint density at radius 3 is 2.61 bits per heavy atom. The second-order valence-corrected chi connectivity index (χ2v) is 6.87. The van der Waals surface area contributed by atoms with Crippen LogP contribution in [0.3, 0.4) is 0 Å². The smallest absolute Gasteiger partial charge is 0.303 e. The highest BCUT2D eigenvalue weighted by Gasteiger charge is 2.53. The van der Waals surface area contributed by atoms with Gasteiger partial charge in [-0.1, -0.05) is 29.8 Å². The van der Waals surface area contributed by atoms with E-state index in [-0.39, 0.29) is 23.7 Å². The molecule has 1 aromatic rings.